The van der Waals surface area contributed by atoms with Crippen molar-refractivity contribution in [2.45, 2.75) is 24.1 Å². The van der Waals surface area contributed by atoms with Crippen LogP contribution in [0.5, 0.6) is 0 Å². The molecule has 0 radical (unpaired) electrons. The summed E-state index contributed by atoms with van der Waals surface area (Å²) < 4.78 is 29.0. The average molecular weight is 532 g/mol. The predicted molar refractivity (Wildman–Crippen MR) is 132 cm³/mol. The van der Waals surface area contributed by atoms with Crippen molar-refractivity contribution in [1.29, 1.82) is 0 Å². The molecule has 0 saturated heterocycles. The second-order valence-electron chi connectivity index (χ2n) is 7.53. The van der Waals surface area contributed by atoms with E-state index in [-0.39, 0.29) is 23.1 Å². The van der Waals surface area contributed by atoms with Gasteiger partial charge in [0.2, 0.25) is 5.91 Å². The molecule has 0 saturated carbocycles. The lowest BCUT2D eigenvalue weighted by Gasteiger charge is -2.10. The van der Waals surface area contributed by atoms with Crippen LogP contribution < -0.4 is 5.32 Å². The van der Waals surface area contributed by atoms with E-state index in [1.54, 1.807) is 47.2 Å². The first-order chi connectivity index (χ1) is 15.2. The van der Waals surface area contributed by atoms with Crippen molar-refractivity contribution < 1.29 is 13.2 Å². The van der Waals surface area contributed by atoms with Gasteiger partial charge in [-0.15, -0.1) is 0 Å². The zero-order chi connectivity index (χ0) is 22.9. The van der Waals surface area contributed by atoms with Gasteiger partial charge in [-0.3, -0.25) is 4.79 Å². The smallest absolute Gasteiger partial charge is 0.244 e. The molecule has 0 aliphatic heterocycles. The predicted octanol–water partition coefficient (Wildman–Crippen LogP) is 5.98. The van der Waals surface area contributed by atoms with Crippen LogP contribution in [0.15, 0.2) is 82.3 Å². The first-order valence-corrected chi connectivity index (χ1v) is 12.7. The Balaban J connectivity index is 1.63. The van der Waals surface area contributed by atoms with Crippen LogP contribution in [0.25, 0.3) is 10.9 Å². The van der Waals surface area contributed by atoms with Gasteiger partial charge in [0.15, 0.2) is 9.84 Å². The van der Waals surface area contributed by atoms with Crippen molar-refractivity contribution in [2.75, 3.05) is 5.32 Å². The normalized spacial score (nSPS) is 11.6. The van der Waals surface area contributed by atoms with Crippen LogP contribution in [0.4, 0.5) is 5.69 Å². The zero-order valence-corrected chi connectivity index (χ0v) is 20.3. The number of nitrogens with one attached hydrogen (secondary N) is 1. The van der Waals surface area contributed by atoms with E-state index in [2.05, 4.69) is 21.2 Å². The number of hydrogen-bond acceptors (Lipinski definition) is 3. The summed E-state index contributed by atoms with van der Waals surface area (Å²) in [6, 6.07) is 19.5. The minimum atomic E-state index is -3.64. The van der Waals surface area contributed by atoms with Gasteiger partial charge in [0.25, 0.3) is 0 Å². The van der Waals surface area contributed by atoms with E-state index in [0.717, 1.165) is 10.0 Å². The summed E-state index contributed by atoms with van der Waals surface area (Å²) in [7, 11) is -3.64. The topological polar surface area (TPSA) is 68.2 Å². The molecule has 1 heterocycles. The van der Waals surface area contributed by atoms with E-state index in [4.69, 9.17) is 11.6 Å². The molecule has 0 aliphatic carbocycles. The lowest BCUT2D eigenvalue weighted by atomic mass is 10.2. The summed E-state index contributed by atoms with van der Waals surface area (Å²) in [6.07, 6.45) is 1.55. The molecular weight excluding hydrogens is 512 g/mol. The minimum absolute atomic E-state index is 0.00746. The number of nitrogens with zero attached hydrogens (tertiary/aromatic N) is 1. The third-order valence-corrected chi connectivity index (χ3v) is 7.59. The van der Waals surface area contributed by atoms with Crippen molar-refractivity contribution in [2.24, 2.45) is 0 Å². The van der Waals surface area contributed by atoms with Gasteiger partial charge in [0, 0.05) is 32.3 Å². The van der Waals surface area contributed by atoms with E-state index in [1.807, 2.05) is 37.3 Å². The Morgan fingerprint density at radius 1 is 1.06 bits per heavy atom. The minimum Gasteiger partial charge on any atom is -0.337 e. The van der Waals surface area contributed by atoms with Gasteiger partial charge in [0.05, 0.1) is 10.6 Å². The summed E-state index contributed by atoms with van der Waals surface area (Å²) in [4.78, 5) is 12.9. The zero-order valence-electron chi connectivity index (χ0n) is 17.2. The summed E-state index contributed by atoms with van der Waals surface area (Å²) in [5.41, 5.74) is 2.97. The number of hydrogen-bond donors (Lipinski definition) is 1. The molecule has 5 nitrogen and oxygen atoms in total. The van der Waals surface area contributed by atoms with Crippen LogP contribution >= 0.6 is 27.5 Å². The van der Waals surface area contributed by atoms with Crippen LogP contribution in [0.3, 0.4) is 0 Å². The number of amides is 1. The van der Waals surface area contributed by atoms with E-state index < -0.39 is 9.84 Å². The lowest BCUT2D eigenvalue weighted by Crippen LogP contribution is -2.18. The Bertz CT molecular complexity index is 1410. The molecule has 0 bridgehead atoms. The van der Waals surface area contributed by atoms with Crippen molar-refractivity contribution in [1.82, 2.24) is 4.57 Å². The molecule has 0 aliphatic rings. The number of anilines is 1. The van der Waals surface area contributed by atoms with Gasteiger partial charge in [-0.2, -0.15) is 0 Å². The second kappa shape index (κ2) is 9.10. The largest absolute Gasteiger partial charge is 0.337 e. The maximum atomic E-state index is 13.2. The summed E-state index contributed by atoms with van der Waals surface area (Å²) >= 11 is 9.32. The standard InChI is InChI=1S/C24H20BrClN2O3S/c1-16-12-18(25)8-11-21(16)27-24(29)14-28-13-23(20-4-2-3-5-22(20)28)32(30,31)15-17-6-9-19(26)10-7-17/h2-13H,14-15H2,1H3,(H,27,29). The second-order valence-corrected chi connectivity index (χ2v) is 10.8. The molecule has 3 aromatic carbocycles. The van der Waals surface area contributed by atoms with Gasteiger partial charge in [0.1, 0.15) is 6.54 Å². The maximum Gasteiger partial charge on any atom is 0.244 e. The molecule has 1 amide bonds. The first-order valence-electron chi connectivity index (χ1n) is 9.84. The number of carbonyl (C=O) groups is 1. The van der Waals surface area contributed by atoms with E-state index >= 15 is 0 Å². The quantitative estimate of drug-likeness (QED) is 0.333. The van der Waals surface area contributed by atoms with Crippen LogP contribution in [-0.4, -0.2) is 18.9 Å². The molecule has 164 valence electrons. The lowest BCUT2D eigenvalue weighted by molar-refractivity contribution is -0.116. The number of aromatic nitrogens is 1. The van der Waals surface area contributed by atoms with Crippen LogP contribution in [0, 0.1) is 6.92 Å². The molecule has 32 heavy (non-hydrogen) atoms. The van der Waals surface area contributed by atoms with Crippen molar-refractivity contribution in [3.05, 3.63) is 93.5 Å². The maximum absolute atomic E-state index is 13.2. The summed E-state index contributed by atoms with van der Waals surface area (Å²) in [5, 5.41) is 4.04. The van der Waals surface area contributed by atoms with E-state index in [0.29, 0.717) is 27.2 Å². The highest BCUT2D eigenvalue weighted by molar-refractivity contribution is 9.10. The van der Waals surface area contributed by atoms with Crippen molar-refractivity contribution in [3.8, 4) is 0 Å². The highest BCUT2D eigenvalue weighted by Crippen LogP contribution is 2.28. The van der Waals surface area contributed by atoms with Crippen LogP contribution in [-0.2, 0) is 26.9 Å². The fourth-order valence-electron chi connectivity index (χ4n) is 3.58. The first kappa shape index (κ1) is 22.6. The number of aryl methyl sites for hydroxylation is 1. The Hall–Kier alpha value is -2.61. The molecule has 0 fully saturated rings. The van der Waals surface area contributed by atoms with E-state index in [1.165, 1.54) is 0 Å². The number of para-hydroxylation sites is 1. The number of sulfone groups is 1. The monoisotopic (exact) mass is 530 g/mol. The molecule has 1 aromatic heterocycles. The fraction of sp³-hybridized carbons (Fsp3) is 0.125. The Morgan fingerprint density at radius 3 is 2.50 bits per heavy atom. The SMILES string of the molecule is Cc1cc(Br)ccc1NC(=O)Cn1cc(S(=O)(=O)Cc2ccc(Cl)cc2)c2ccccc21. The third kappa shape index (κ3) is 4.90. The molecule has 1 N–H and O–H groups in total. The van der Waals surface area contributed by atoms with Gasteiger partial charge in [-0.1, -0.05) is 57.9 Å². The third-order valence-electron chi connectivity index (χ3n) is 5.13. The number of halogens is 2. The Labute approximate surface area is 200 Å². The number of benzene rings is 3. The molecule has 0 spiro atoms. The number of carbonyl (C=O) groups excluding carboxylic acids is 1. The number of rotatable bonds is 6. The molecule has 8 heteroatoms. The van der Waals surface area contributed by atoms with Gasteiger partial charge >= 0.3 is 0 Å². The molecule has 0 unspecified atom stereocenters. The van der Waals surface area contributed by atoms with Crippen LogP contribution in [0.1, 0.15) is 11.1 Å². The van der Waals surface area contributed by atoms with Crippen LogP contribution in [0.2, 0.25) is 5.02 Å². The van der Waals surface area contributed by atoms with Crippen molar-refractivity contribution in [3.63, 3.8) is 0 Å². The highest BCUT2D eigenvalue weighted by Gasteiger charge is 2.22. The molecular formula is C24H20BrClN2O3S. The fourth-order valence-corrected chi connectivity index (χ4v) is 5.77. The summed E-state index contributed by atoms with van der Waals surface area (Å²) in [5.74, 6) is -0.388. The van der Waals surface area contributed by atoms with E-state index in [9.17, 15) is 13.2 Å². The van der Waals surface area contributed by atoms with Crippen molar-refractivity contribution >= 4 is 59.9 Å². The van der Waals surface area contributed by atoms with Gasteiger partial charge in [-0.05, 0) is 54.4 Å². The molecule has 0 atom stereocenters. The Morgan fingerprint density at radius 2 is 1.78 bits per heavy atom. The van der Waals surface area contributed by atoms with Gasteiger partial charge < -0.3 is 9.88 Å². The van der Waals surface area contributed by atoms with Gasteiger partial charge in [-0.25, -0.2) is 8.42 Å². The Kier molecular flexibility index (Phi) is 6.42. The molecule has 4 rings (SSSR count). The number of fused-ring (bicyclic) bond motifs is 1. The highest BCUT2D eigenvalue weighted by atomic mass is 79.9. The summed E-state index contributed by atoms with van der Waals surface area (Å²) in [6.45, 7) is 1.90. The molecule has 4 aromatic rings. The average Bonchev–Trinajstić information content (AvgIpc) is 3.11.